The Balaban J connectivity index is 0.000000412. The number of ether oxygens (including phenoxy) is 11. The van der Waals surface area contributed by atoms with Gasteiger partial charge in [-0.15, -0.1) is 5.92 Å². The summed E-state index contributed by atoms with van der Waals surface area (Å²) >= 11 is 0. The number of rotatable bonds is 15. The molecule has 2 aliphatic heterocycles. The Kier molecular flexibility index (Phi) is 24.9. The van der Waals surface area contributed by atoms with Crippen LogP contribution in [0.4, 0.5) is 0 Å². The van der Waals surface area contributed by atoms with Gasteiger partial charge in [0.2, 0.25) is 12.4 Å². The first-order valence-corrected chi connectivity index (χ1v) is 27.0. The molecule has 0 aliphatic carbocycles. The minimum Gasteiger partial charge on any atom is -0.463 e. The van der Waals surface area contributed by atoms with Crippen LogP contribution in [-0.2, 0) is 118 Å². The van der Waals surface area contributed by atoms with E-state index in [4.69, 9.17) is 57.1 Å². The van der Waals surface area contributed by atoms with Crippen LogP contribution in [0.15, 0.2) is 73.1 Å². The van der Waals surface area contributed by atoms with E-state index in [1.54, 1.807) is 31.2 Å². The fraction of sp³-hybridized carbons (Fsp3) is 0.516. The molecule has 84 heavy (non-hydrogen) atoms. The number of carbonyl (C=O) groups is 7. The second-order valence-corrected chi connectivity index (χ2v) is 22.9. The number of carbonyl (C=O) groups excluding carboxylic acids is 7. The third kappa shape index (κ3) is 20.3. The van der Waals surface area contributed by atoms with Crippen LogP contribution in [0.2, 0.25) is 0 Å². The molecule has 6 rings (SSSR count). The minimum atomic E-state index is -1.80. The van der Waals surface area contributed by atoms with Gasteiger partial charge in [-0.05, 0) is 101 Å². The van der Waals surface area contributed by atoms with Gasteiger partial charge in [0, 0.05) is 66.4 Å². The van der Waals surface area contributed by atoms with Crippen LogP contribution in [0.25, 0.3) is 22.8 Å². The average molecular weight is 1350 g/mol. The van der Waals surface area contributed by atoms with Gasteiger partial charge < -0.3 is 52.1 Å². The van der Waals surface area contributed by atoms with E-state index in [1.165, 1.54) is 16.7 Å². The zero-order chi connectivity index (χ0) is 61.7. The van der Waals surface area contributed by atoms with Gasteiger partial charge in [-0.3, -0.25) is 43.5 Å². The SMILES string of the molecule is CC#Cc1ccc(O[C@@H]2O[C@H](COC(C)=O)[C@@H](O[C@H]3O[C@H](COC(C)=O)[C@@H](OC(C)=O)[C@@H](OC(C)=O)[C@H]3OC(C)=O)[C@@H](OC(C)=O)[C@H]2OC(C)=O)cc1.CC(C)(C)c1ccnc(-c2cc(C(C)(C)C)cc(-c3cc(C(C)(C)C)ccn3)n2)c1.[Pt+2]. The molecule has 2 aliphatic rings. The monoisotopic (exact) mass is 1350 g/mol. The second kappa shape index (κ2) is 30.1. The molecular weight excluding hydrogens is 1270 g/mol. The summed E-state index contributed by atoms with van der Waals surface area (Å²) in [6.45, 7) is 28.1. The third-order valence-electron chi connectivity index (χ3n) is 12.7. The molecule has 0 unspecified atom stereocenters. The first kappa shape index (κ1) is 69.4. The van der Waals surface area contributed by atoms with Crippen LogP contribution in [0, 0.1) is 11.8 Å². The van der Waals surface area contributed by atoms with Crippen molar-refractivity contribution in [1.29, 1.82) is 0 Å². The van der Waals surface area contributed by atoms with Gasteiger partial charge in [0.1, 0.15) is 37.3 Å². The van der Waals surface area contributed by atoms with Crippen molar-refractivity contribution in [2.45, 2.75) is 195 Å². The van der Waals surface area contributed by atoms with Gasteiger partial charge in [-0.1, -0.05) is 68.2 Å². The molecule has 3 aromatic heterocycles. The molecule has 2 saturated heterocycles. The Morgan fingerprint density at radius 3 is 1.24 bits per heavy atom. The van der Waals surface area contributed by atoms with Crippen LogP contribution in [0.5, 0.6) is 5.75 Å². The number of aromatic nitrogens is 3. The third-order valence-corrected chi connectivity index (χ3v) is 12.7. The van der Waals surface area contributed by atoms with E-state index in [0.29, 0.717) is 5.56 Å². The molecule has 0 radical (unpaired) electrons. The molecule has 0 amide bonds. The molecule has 4 aromatic rings. The van der Waals surface area contributed by atoms with Crippen LogP contribution in [-0.4, -0.2) is 131 Å². The van der Waals surface area contributed by atoms with Gasteiger partial charge in [-0.2, -0.15) is 0 Å². The molecule has 0 saturated carbocycles. The maximum atomic E-state index is 12.6. The summed E-state index contributed by atoms with van der Waals surface area (Å²) < 4.78 is 62.6. The molecule has 1 aromatic carbocycles. The number of pyridine rings is 3. The van der Waals surface area contributed by atoms with Crippen molar-refractivity contribution >= 4 is 41.8 Å². The van der Waals surface area contributed by atoms with Crippen molar-refractivity contribution in [3.8, 4) is 40.4 Å². The van der Waals surface area contributed by atoms with Gasteiger partial charge in [-0.25, -0.2) is 4.98 Å². The summed E-state index contributed by atoms with van der Waals surface area (Å²) in [5.41, 5.74) is 8.12. The summed E-state index contributed by atoms with van der Waals surface area (Å²) in [5.74, 6) is 0.000667. The van der Waals surface area contributed by atoms with Gasteiger partial charge in [0.25, 0.3) is 0 Å². The molecular formula is C62H77N3O18Pt+2. The van der Waals surface area contributed by atoms with Crippen molar-refractivity contribution in [3.05, 3.63) is 95.3 Å². The molecule has 10 atom stereocenters. The Morgan fingerprint density at radius 1 is 0.464 bits per heavy atom. The molecule has 5 heterocycles. The normalized spacial score (nSPS) is 22.1. The topological polar surface area (TPSA) is 260 Å². The summed E-state index contributed by atoms with van der Waals surface area (Å²) in [7, 11) is 0. The molecule has 2 fully saturated rings. The van der Waals surface area contributed by atoms with Crippen molar-refractivity contribution in [1.82, 2.24) is 15.0 Å². The zero-order valence-corrected chi connectivity index (χ0v) is 52.9. The first-order chi connectivity index (χ1) is 38.7. The molecule has 0 spiro atoms. The molecule has 0 N–H and O–H groups in total. The Hall–Kier alpha value is -7.11. The number of benzene rings is 1. The Morgan fingerprint density at radius 2 is 0.833 bits per heavy atom. The van der Waals surface area contributed by atoms with Crippen LogP contribution in [0.3, 0.4) is 0 Å². The van der Waals surface area contributed by atoms with E-state index in [2.05, 4.69) is 121 Å². The van der Waals surface area contributed by atoms with E-state index >= 15 is 0 Å². The van der Waals surface area contributed by atoms with Gasteiger partial charge >= 0.3 is 62.9 Å². The van der Waals surface area contributed by atoms with Crippen LogP contribution in [0.1, 0.15) is 140 Å². The van der Waals surface area contributed by atoms with Crippen LogP contribution < -0.4 is 4.74 Å². The number of esters is 7. The van der Waals surface area contributed by atoms with Crippen molar-refractivity contribution in [2.24, 2.45) is 0 Å². The Labute approximate surface area is 505 Å². The summed E-state index contributed by atoms with van der Waals surface area (Å²) in [6.07, 6.45) is -11.9. The van der Waals surface area contributed by atoms with Crippen molar-refractivity contribution < 1.29 is 107 Å². The standard InChI is InChI=1S/C35H42O18.C27H35N3.Pt/c1-9-10-24-11-13-25(14-12-24)50-34-32(48-22(7)41)31(47-21(6)40)29(27(51-34)16-44-18(3)37)53-35-33(49-23(8)42)30(46-20(5)39)28(45-19(4)38)26(52-35)15-43-17(2)36;1-25(2,3)18-10-12-28-21(14-18)23-16-20(27(7,8)9)17-24(30-23)22-15-19(11-13-29-22)26(4,5)6;/h11-14,26-35H,15-16H2,1-8H3;10-17H,1-9H3;/q;;+2/t26-,27-,28-,29-,30-,31-,32-,33-,34-,35-;;/m1../s1. The Bertz CT molecular complexity index is 2950. The first-order valence-electron chi connectivity index (χ1n) is 27.0. The maximum Gasteiger partial charge on any atom is 2.00 e. The van der Waals surface area contributed by atoms with E-state index in [-0.39, 0.29) is 43.1 Å². The molecule has 456 valence electrons. The molecule has 22 heteroatoms. The van der Waals surface area contributed by atoms with Gasteiger partial charge in [0.05, 0.1) is 22.8 Å². The molecule has 0 bridgehead atoms. The van der Waals surface area contributed by atoms with E-state index < -0.39 is 116 Å². The summed E-state index contributed by atoms with van der Waals surface area (Å²) in [4.78, 5) is 100. The van der Waals surface area contributed by atoms with Crippen LogP contribution >= 0.6 is 0 Å². The fourth-order valence-corrected chi connectivity index (χ4v) is 8.76. The summed E-state index contributed by atoms with van der Waals surface area (Å²) in [5, 5.41) is 0. The fourth-order valence-electron chi connectivity index (χ4n) is 8.76. The quantitative estimate of drug-likeness (QED) is 0.0617. The number of hydrogen-bond donors (Lipinski definition) is 0. The van der Waals surface area contributed by atoms with Gasteiger partial charge in [0.15, 0.2) is 30.7 Å². The maximum absolute atomic E-state index is 12.6. The zero-order valence-electron chi connectivity index (χ0n) is 50.6. The van der Waals surface area contributed by atoms with Crippen molar-refractivity contribution in [2.75, 3.05) is 13.2 Å². The van der Waals surface area contributed by atoms with E-state index in [1.807, 2.05) is 12.4 Å². The largest absolute Gasteiger partial charge is 2.00 e. The number of hydrogen-bond acceptors (Lipinski definition) is 21. The van der Waals surface area contributed by atoms with Crippen molar-refractivity contribution in [3.63, 3.8) is 0 Å². The smallest absolute Gasteiger partial charge is 0.463 e. The summed E-state index contributed by atoms with van der Waals surface area (Å²) in [6, 6.07) is 19.3. The predicted molar refractivity (Wildman–Crippen MR) is 300 cm³/mol. The van der Waals surface area contributed by atoms with E-state index in [0.717, 1.165) is 71.2 Å². The second-order valence-electron chi connectivity index (χ2n) is 22.9. The minimum absolute atomic E-state index is 0. The predicted octanol–water partition coefficient (Wildman–Crippen LogP) is 8.15. The average Bonchev–Trinajstić information content (AvgIpc) is 1.42. The molecule has 21 nitrogen and oxygen atoms in total. The van der Waals surface area contributed by atoms with E-state index in [9.17, 15) is 33.6 Å². The number of nitrogens with zero attached hydrogens (tertiary/aromatic N) is 3.